The van der Waals surface area contributed by atoms with Gasteiger partial charge in [0.1, 0.15) is 0 Å². The minimum absolute atomic E-state index is 0.472. The van der Waals surface area contributed by atoms with Crippen LogP contribution in [-0.4, -0.2) is 5.71 Å². The number of rotatable bonds is 4. The van der Waals surface area contributed by atoms with Crippen molar-refractivity contribution in [3.8, 4) is 6.07 Å². The van der Waals surface area contributed by atoms with Gasteiger partial charge in [0.05, 0.1) is 11.6 Å². The minimum Gasteiger partial charge on any atom is -0.265 e. The van der Waals surface area contributed by atoms with Gasteiger partial charge in [-0.1, -0.05) is 96.0 Å². The summed E-state index contributed by atoms with van der Waals surface area (Å²) in [5.41, 5.74) is 7.94. The van der Waals surface area contributed by atoms with Crippen molar-refractivity contribution < 1.29 is 0 Å². The Balaban J connectivity index is -0.000000472. The van der Waals surface area contributed by atoms with Gasteiger partial charge >= 0.3 is 0 Å². The molecular formula is C32H50N2. The van der Waals surface area contributed by atoms with E-state index < -0.39 is 0 Å². The number of allylic oxidation sites excluding steroid dienone is 2. The van der Waals surface area contributed by atoms with E-state index in [0.29, 0.717) is 11.5 Å². The highest BCUT2D eigenvalue weighted by Crippen LogP contribution is 2.14. The van der Waals surface area contributed by atoms with Crippen LogP contribution in [0.4, 0.5) is 0 Å². The lowest BCUT2D eigenvalue weighted by atomic mass is 10.1. The number of nitriles is 1. The summed E-state index contributed by atoms with van der Waals surface area (Å²) in [5, 5.41) is 8.72. The maximum Gasteiger partial charge on any atom is 0.0991 e. The normalized spacial score (nSPS) is 10.0. The Hall–Kier alpha value is -2.92. The van der Waals surface area contributed by atoms with Gasteiger partial charge in [-0.15, -0.1) is 6.58 Å². The van der Waals surface area contributed by atoms with Crippen molar-refractivity contribution in [1.29, 1.82) is 5.26 Å². The summed E-state index contributed by atoms with van der Waals surface area (Å²) >= 11 is 0. The van der Waals surface area contributed by atoms with E-state index in [1.165, 1.54) is 16.7 Å². The van der Waals surface area contributed by atoms with Crippen LogP contribution in [0.25, 0.3) is 5.57 Å². The van der Waals surface area contributed by atoms with E-state index in [2.05, 4.69) is 69.6 Å². The summed E-state index contributed by atoms with van der Waals surface area (Å²) in [6, 6.07) is 18.3. The fourth-order valence-electron chi connectivity index (χ4n) is 2.05. The standard InChI is InChI=1S/C15H18N2.C9H12.C4H8.2C2H6/c1-11(2)13(4)17-10-12(3)15-7-5-14(9-16)6-8-15;1-3-9-6-4-8(2)5-7-9;1-4(2)3;2*1-2/h5-8,10-11H,1-4H3;4-7H,3H2,1-2H3;1H2,2-3H3;2*1-2H3/b12-10+,17-13?;;;;. The molecule has 34 heavy (non-hydrogen) atoms. The Morgan fingerprint density at radius 1 is 0.912 bits per heavy atom. The minimum atomic E-state index is 0.472. The monoisotopic (exact) mass is 462 g/mol. The van der Waals surface area contributed by atoms with Crippen LogP contribution < -0.4 is 0 Å². The lowest BCUT2D eigenvalue weighted by molar-refractivity contribution is 0.878. The molecule has 0 radical (unpaired) electrons. The number of hydrogen-bond acceptors (Lipinski definition) is 2. The van der Waals surface area contributed by atoms with E-state index in [-0.39, 0.29) is 0 Å². The zero-order chi connectivity index (χ0) is 27.1. The van der Waals surface area contributed by atoms with Crippen LogP contribution in [0.1, 0.15) is 98.4 Å². The second-order valence-electron chi connectivity index (χ2n) is 7.97. The fraction of sp³-hybridized carbons (Fsp3) is 0.438. The molecule has 0 saturated heterocycles. The molecule has 0 atom stereocenters. The van der Waals surface area contributed by atoms with E-state index in [9.17, 15) is 0 Å². The van der Waals surface area contributed by atoms with Gasteiger partial charge in [0.2, 0.25) is 0 Å². The molecule has 0 spiro atoms. The third-order valence-electron chi connectivity index (χ3n) is 4.30. The Kier molecular flexibility index (Phi) is 24.4. The molecule has 0 aliphatic heterocycles. The highest BCUT2D eigenvalue weighted by molar-refractivity contribution is 5.85. The zero-order valence-electron chi connectivity index (χ0n) is 24.1. The van der Waals surface area contributed by atoms with Crippen molar-refractivity contribution in [3.05, 3.63) is 89.1 Å². The van der Waals surface area contributed by atoms with Crippen LogP contribution in [-0.2, 0) is 6.42 Å². The maximum absolute atomic E-state index is 8.72. The highest BCUT2D eigenvalue weighted by Gasteiger charge is 1.98. The number of aryl methyl sites for hydroxylation is 2. The number of benzene rings is 2. The molecule has 2 aromatic rings. The van der Waals surface area contributed by atoms with Crippen molar-refractivity contribution in [2.45, 2.75) is 89.5 Å². The smallest absolute Gasteiger partial charge is 0.0991 e. The molecule has 0 heterocycles. The fourth-order valence-corrected chi connectivity index (χ4v) is 2.05. The van der Waals surface area contributed by atoms with E-state index in [1.54, 1.807) is 0 Å². The molecule has 0 aliphatic rings. The van der Waals surface area contributed by atoms with Crippen LogP contribution in [0.5, 0.6) is 0 Å². The SMILES string of the molecule is C=C(C)C.CC.CC.CC(=N/C=C(\C)c1ccc(C#N)cc1)C(C)C.CCc1ccc(C)cc1. The number of hydrogen-bond donors (Lipinski definition) is 0. The lowest BCUT2D eigenvalue weighted by Crippen LogP contribution is -2.00. The average molecular weight is 463 g/mol. The van der Waals surface area contributed by atoms with E-state index in [4.69, 9.17) is 5.26 Å². The molecule has 0 bridgehead atoms. The Labute approximate surface area is 212 Å². The van der Waals surface area contributed by atoms with Crippen LogP contribution >= 0.6 is 0 Å². The Morgan fingerprint density at radius 3 is 1.71 bits per heavy atom. The second kappa shape index (κ2) is 23.2. The quantitative estimate of drug-likeness (QED) is 0.329. The predicted octanol–water partition coefficient (Wildman–Crippen LogP) is 10.2. The van der Waals surface area contributed by atoms with Crippen molar-refractivity contribution >= 4 is 11.3 Å². The molecule has 0 aliphatic carbocycles. The lowest BCUT2D eigenvalue weighted by Gasteiger charge is -2.03. The van der Waals surface area contributed by atoms with Gasteiger partial charge in [0.15, 0.2) is 0 Å². The first-order valence-corrected chi connectivity index (χ1v) is 12.5. The third kappa shape index (κ3) is 19.7. The molecule has 2 rings (SSSR count). The first kappa shape index (κ1) is 35.7. The van der Waals surface area contributed by atoms with E-state index in [0.717, 1.165) is 23.3 Å². The molecular weight excluding hydrogens is 412 g/mol. The number of nitrogens with zero attached hydrogens (tertiary/aromatic N) is 2. The molecule has 0 N–H and O–H groups in total. The van der Waals surface area contributed by atoms with Gasteiger partial charge in [-0.2, -0.15) is 5.26 Å². The summed E-state index contributed by atoms with van der Waals surface area (Å²) < 4.78 is 0. The molecule has 0 unspecified atom stereocenters. The van der Waals surface area contributed by atoms with Crippen LogP contribution in [0.15, 0.2) is 71.9 Å². The molecule has 0 saturated carbocycles. The number of aliphatic imine (C=N–C) groups is 1. The molecule has 0 aromatic heterocycles. The van der Waals surface area contributed by atoms with E-state index in [1.807, 2.05) is 85.9 Å². The maximum atomic E-state index is 8.72. The molecule has 2 nitrogen and oxygen atoms in total. The molecule has 2 heteroatoms. The van der Waals surface area contributed by atoms with Crippen LogP contribution in [0.2, 0.25) is 0 Å². The van der Waals surface area contributed by atoms with Gasteiger partial charge in [-0.25, -0.2) is 0 Å². The van der Waals surface area contributed by atoms with Gasteiger partial charge in [0, 0.05) is 11.9 Å². The summed E-state index contributed by atoms with van der Waals surface area (Å²) in [4.78, 5) is 4.43. The summed E-state index contributed by atoms with van der Waals surface area (Å²) in [6.07, 6.45) is 3.02. The molecule has 0 amide bonds. The zero-order valence-corrected chi connectivity index (χ0v) is 24.1. The van der Waals surface area contributed by atoms with Crippen LogP contribution in [0.3, 0.4) is 0 Å². The summed E-state index contributed by atoms with van der Waals surface area (Å²) in [5.74, 6) is 0.472. The van der Waals surface area contributed by atoms with Crippen molar-refractivity contribution in [3.63, 3.8) is 0 Å². The van der Waals surface area contributed by atoms with Gasteiger partial charge < -0.3 is 0 Å². The second-order valence-corrected chi connectivity index (χ2v) is 7.97. The van der Waals surface area contributed by atoms with Gasteiger partial charge in [-0.05, 0) is 75.8 Å². The largest absolute Gasteiger partial charge is 0.265 e. The average Bonchev–Trinajstić information content (AvgIpc) is 2.85. The van der Waals surface area contributed by atoms with Gasteiger partial charge in [0.25, 0.3) is 0 Å². The van der Waals surface area contributed by atoms with E-state index >= 15 is 0 Å². The highest BCUT2D eigenvalue weighted by atomic mass is 14.7. The van der Waals surface area contributed by atoms with Crippen molar-refractivity contribution in [1.82, 2.24) is 0 Å². The van der Waals surface area contributed by atoms with Crippen LogP contribution in [0, 0.1) is 24.2 Å². The Bertz CT molecular complexity index is 855. The Morgan fingerprint density at radius 2 is 1.35 bits per heavy atom. The predicted molar refractivity (Wildman–Crippen MR) is 156 cm³/mol. The van der Waals surface area contributed by atoms with Crippen molar-refractivity contribution in [2.24, 2.45) is 10.9 Å². The van der Waals surface area contributed by atoms with Gasteiger partial charge in [-0.3, -0.25) is 4.99 Å². The summed E-state index contributed by atoms with van der Waals surface area (Å²) in [6.45, 7) is 28.1. The molecule has 188 valence electrons. The molecule has 0 fully saturated rings. The molecule has 2 aromatic carbocycles. The summed E-state index contributed by atoms with van der Waals surface area (Å²) in [7, 11) is 0. The van der Waals surface area contributed by atoms with Crippen molar-refractivity contribution in [2.75, 3.05) is 0 Å². The topological polar surface area (TPSA) is 36.1 Å². The first-order valence-electron chi connectivity index (χ1n) is 12.5. The third-order valence-corrected chi connectivity index (χ3v) is 4.30. The first-order chi connectivity index (χ1) is 16.1.